The maximum Gasteiger partial charge on any atom is 0.220 e. The Labute approximate surface area is 122 Å². The number of rotatable bonds is 6. The first-order valence-corrected chi connectivity index (χ1v) is 8.28. The van der Waals surface area contributed by atoms with Crippen molar-refractivity contribution in [3.8, 4) is 0 Å². The maximum absolute atomic E-state index is 11.9. The summed E-state index contributed by atoms with van der Waals surface area (Å²) in [6.07, 6.45) is 9.23. The van der Waals surface area contributed by atoms with Crippen LogP contribution in [0.2, 0.25) is 0 Å². The van der Waals surface area contributed by atoms with Crippen molar-refractivity contribution in [2.75, 3.05) is 19.8 Å². The van der Waals surface area contributed by atoms with E-state index < -0.39 is 0 Å². The van der Waals surface area contributed by atoms with Gasteiger partial charge in [0.25, 0.3) is 0 Å². The molecule has 116 valence electrons. The van der Waals surface area contributed by atoms with Crippen molar-refractivity contribution < 1.29 is 14.6 Å². The molecule has 20 heavy (non-hydrogen) atoms. The van der Waals surface area contributed by atoms with Gasteiger partial charge >= 0.3 is 0 Å². The minimum atomic E-state index is -0.297. The molecule has 4 heteroatoms. The SMILES string of the molecule is O=C(CC1CCCCC1)NCC[C@H](O)C1CCOCC1. The lowest BCUT2D eigenvalue weighted by Crippen LogP contribution is -2.33. The molecule has 1 amide bonds. The number of hydrogen-bond donors (Lipinski definition) is 2. The average molecular weight is 283 g/mol. The summed E-state index contributed by atoms with van der Waals surface area (Å²) >= 11 is 0. The topological polar surface area (TPSA) is 58.6 Å². The molecule has 0 radical (unpaired) electrons. The summed E-state index contributed by atoms with van der Waals surface area (Å²) in [5.41, 5.74) is 0. The Morgan fingerprint density at radius 2 is 1.85 bits per heavy atom. The van der Waals surface area contributed by atoms with Crippen LogP contribution >= 0.6 is 0 Å². The van der Waals surface area contributed by atoms with E-state index >= 15 is 0 Å². The number of nitrogens with one attached hydrogen (secondary N) is 1. The van der Waals surface area contributed by atoms with Gasteiger partial charge in [0.1, 0.15) is 0 Å². The summed E-state index contributed by atoms with van der Waals surface area (Å²) in [4.78, 5) is 11.9. The van der Waals surface area contributed by atoms with Gasteiger partial charge in [0.15, 0.2) is 0 Å². The molecule has 0 bridgehead atoms. The predicted octanol–water partition coefficient (Wildman–Crippen LogP) is 2.25. The summed E-state index contributed by atoms with van der Waals surface area (Å²) in [5, 5.41) is 13.1. The minimum absolute atomic E-state index is 0.163. The molecular formula is C16H29NO3. The molecule has 1 atom stereocenters. The van der Waals surface area contributed by atoms with Gasteiger partial charge in [-0.1, -0.05) is 19.3 Å². The van der Waals surface area contributed by atoms with Gasteiger partial charge in [-0.05, 0) is 43.9 Å². The predicted molar refractivity (Wildman–Crippen MR) is 78.4 cm³/mol. The van der Waals surface area contributed by atoms with E-state index in [0.29, 0.717) is 31.2 Å². The van der Waals surface area contributed by atoms with Gasteiger partial charge in [-0.3, -0.25) is 4.79 Å². The smallest absolute Gasteiger partial charge is 0.220 e. The van der Waals surface area contributed by atoms with Crippen LogP contribution in [0.1, 0.15) is 57.8 Å². The highest BCUT2D eigenvalue weighted by molar-refractivity contribution is 5.76. The average Bonchev–Trinajstić information content (AvgIpc) is 2.49. The highest BCUT2D eigenvalue weighted by Gasteiger charge is 2.22. The Kier molecular flexibility index (Phi) is 6.80. The quantitative estimate of drug-likeness (QED) is 0.786. The number of aliphatic hydroxyl groups is 1. The van der Waals surface area contributed by atoms with E-state index in [9.17, 15) is 9.90 Å². The number of hydrogen-bond acceptors (Lipinski definition) is 3. The van der Waals surface area contributed by atoms with Gasteiger partial charge in [0.05, 0.1) is 6.10 Å². The third kappa shape index (κ3) is 5.41. The highest BCUT2D eigenvalue weighted by Crippen LogP contribution is 2.26. The molecule has 2 fully saturated rings. The Balaban J connectivity index is 1.56. The molecule has 2 rings (SSSR count). The third-order valence-electron chi connectivity index (χ3n) is 4.77. The number of amides is 1. The summed E-state index contributed by atoms with van der Waals surface area (Å²) in [6.45, 7) is 2.12. The lowest BCUT2D eigenvalue weighted by molar-refractivity contribution is -0.122. The van der Waals surface area contributed by atoms with E-state index in [0.717, 1.165) is 26.1 Å². The van der Waals surface area contributed by atoms with Crippen molar-refractivity contribution in [3.05, 3.63) is 0 Å². The van der Waals surface area contributed by atoms with E-state index in [1.165, 1.54) is 32.1 Å². The van der Waals surface area contributed by atoms with Crippen molar-refractivity contribution in [1.82, 2.24) is 5.32 Å². The Bertz CT molecular complexity index is 283. The fraction of sp³-hybridized carbons (Fsp3) is 0.938. The van der Waals surface area contributed by atoms with E-state index in [2.05, 4.69) is 5.32 Å². The molecule has 0 aromatic heterocycles. The molecule has 1 saturated heterocycles. The van der Waals surface area contributed by atoms with E-state index in [1.807, 2.05) is 0 Å². The van der Waals surface area contributed by atoms with Crippen LogP contribution in [0.4, 0.5) is 0 Å². The first-order chi connectivity index (χ1) is 9.75. The van der Waals surface area contributed by atoms with Crippen molar-refractivity contribution in [2.45, 2.75) is 63.9 Å². The van der Waals surface area contributed by atoms with Gasteiger partial charge in [0.2, 0.25) is 5.91 Å². The lowest BCUT2D eigenvalue weighted by Gasteiger charge is -2.27. The van der Waals surface area contributed by atoms with Gasteiger partial charge in [-0.25, -0.2) is 0 Å². The van der Waals surface area contributed by atoms with E-state index in [1.54, 1.807) is 0 Å². The molecule has 1 heterocycles. The number of carbonyl (C=O) groups is 1. The summed E-state index contributed by atoms with van der Waals surface area (Å²) in [7, 11) is 0. The molecule has 0 aromatic rings. The second-order valence-corrected chi connectivity index (χ2v) is 6.36. The molecular weight excluding hydrogens is 254 g/mol. The van der Waals surface area contributed by atoms with Crippen LogP contribution in [-0.2, 0) is 9.53 Å². The Morgan fingerprint density at radius 3 is 2.55 bits per heavy atom. The number of ether oxygens (including phenoxy) is 1. The van der Waals surface area contributed by atoms with Crippen LogP contribution in [0, 0.1) is 11.8 Å². The van der Waals surface area contributed by atoms with E-state index in [4.69, 9.17) is 4.74 Å². The molecule has 1 aliphatic carbocycles. The third-order valence-corrected chi connectivity index (χ3v) is 4.77. The summed E-state index contributed by atoms with van der Waals surface area (Å²) < 4.78 is 5.30. The summed E-state index contributed by atoms with van der Waals surface area (Å²) in [6, 6.07) is 0. The Morgan fingerprint density at radius 1 is 1.15 bits per heavy atom. The van der Waals surface area contributed by atoms with Gasteiger partial charge in [0, 0.05) is 26.2 Å². The molecule has 1 aliphatic heterocycles. The lowest BCUT2D eigenvalue weighted by atomic mass is 9.87. The molecule has 4 nitrogen and oxygen atoms in total. The zero-order chi connectivity index (χ0) is 14.2. The van der Waals surface area contributed by atoms with Crippen molar-refractivity contribution in [1.29, 1.82) is 0 Å². The molecule has 0 unspecified atom stereocenters. The first-order valence-electron chi connectivity index (χ1n) is 8.28. The number of carbonyl (C=O) groups excluding carboxylic acids is 1. The van der Waals surface area contributed by atoms with Crippen LogP contribution in [0.25, 0.3) is 0 Å². The molecule has 2 aliphatic rings. The normalized spacial score (nSPS) is 23.4. The van der Waals surface area contributed by atoms with Crippen LogP contribution in [-0.4, -0.2) is 36.9 Å². The highest BCUT2D eigenvalue weighted by atomic mass is 16.5. The van der Waals surface area contributed by atoms with Crippen molar-refractivity contribution >= 4 is 5.91 Å². The number of aliphatic hydroxyl groups excluding tert-OH is 1. The van der Waals surface area contributed by atoms with Crippen LogP contribution in [0.5, 0.6) is 0 Å². The van der Waals surface area contributed by atoms with Crippen LogP contribution in [0.15, 0.2) is 0 Å². The van der Waals surface area contributed by atoms with Crippen molar-refractivity contribution in [2.24, 2.45) is 11.8 Å². The van der Waals surface area contributed by atoms with E-state index in [-0.39, 0.29) is 12.0 Å². The fourth-order valence-electron chi connectivity index (χ4n) is 3.42. The molecule has 0 aromatic carbocycles. The molecule has 1 saturated carbocycles. The van der Waals surface area contributed by atoms with Gasteiger partial charge in [-0.15, -0.1) is 0 Å². The largest absolute Gasteiger partial charge is 0.393 e. The fourth-order valence-corrected chi connectivity index (χ4v) is 3.42. The summed E-state index contributed by atoms with van der Waals surface area (Å²) in [5.74, 6) is 1.10. The van der Waals surface area contributed by atoms with Crippen LogP contribution in [0.3, 0.4) is 0 Å². The molecule has 2 N–H and O–H groups in total. The van der Waals surface area contributed by atoms with Crippen LogP contribution < -0.4 is 5.32 Å². The van der Waals surface area contributed by atoms with Gasteiger partial charge < -0.3 is 15.2 Å². The molecule has 0 spiro atoms. The maximum atomic E-state index is 11.9. The zero-order valence-electron chi connectivity index (χ0n) is 12.5. The van der Waals surface area contributed by atoms with Crippen molar-refractivity contribution in [3.63, 3.8) is 0 Å². The zero-order valence-corrected chi connectivity index (χ0v) is 12.5. The first kappa shape index (κ1) is 15.8. The van der Waals surface area contributed by atoms with Gasteiger partial charge in [-0.2, -0.15) is 0 Å². The monoisotopic (exact) mass is 283 g/mol. The standard InChI is InChI=1S/C16H29NO3/c18-15(14-7-10-20-11-8-14)6-9-17-16(19)12-13-4-2-1-3-5-13/h13-15,18H,1-12H2,(H,17,19)/t15-/m0/s1. The second-order valence-electron chi connectivity index (χ2n) is 6.36. The minimum Gasteiger partial charge on any atom is -0.393 e. The second kappa shape index (κ2) is 8.63. The Hall–Kier alpha value is -0.610.